The molecule has 1 N–H and O–H groups in total. The third-order valence-corrected chi connectivity index (χ3v) is 8.08. The Morgan fingerprint density at radius 3 is 2.29 bits per heavy atom. The summed E-state index contributed by atoms with van der Waals surface area (Å²) < 4.78 is 0. The fourth-order valence-corrected chi connectivity index (χ4v) is 5.91. The van der Waals surface area contributed by atoms with E-state index in [1.807, 2.05) is 24.3 Å². The van der Waals surface area contributed by atoms with E-state index in [1.54, 1.807) is 0 Å². The van der Waals surface area contributed by atoms with Gasteiger partial charge in [0.1, 0.15) is 0 Å². The van der Waals surface area contributed by atoms with Crippen LogP contribution in [0.1, 0.15) is 52.9 Å². The van der Waals surface area contributed by atoms with E-state index in [2.05, 4.69) is 77.0 Å². The van der Waals surface area contributed by atoms with Crippen molar-refractivity contribution in [3.05, 3.63) is 119 Å². The van der Waals surface area contributed by atoms with Crippen LogP contribution in [0.3, 0.4) is 0 Å². The monoisotopic (exact) mass is 501 g/mol. The number of aryl methyl sites for hydroxylation is 1. The lowest BCUT2D eigenvalue weighted by Gasteiger charge is -2.31. The largest absolute Gasteiger partial charge is 0.380 e. The van der Waals surface area contributed by atoms with E-state index in [0.717, 1.165) is 72.3 Å². The minimum absolute atomic E-state index is 0.154. The number of rotatable bonds is 7. The molecule has 2 heterocycles. The lowest BCUT2D eigenvalue weighted by Crippen LogP contribution is -2.33. The van der Waals surface area contributed by atoms with Crippen LogP contribution in [0.15, 0.2) is 96.6 Å². The molecule has 1 aliphatic carbocycles. The topological polar surface area (TPSA) is 45.2 Å². The van der Waals surface area contributed by atoms with Gasteiger partial charge in [-0.3, -0.25) is 14.7 Å². The number of piperidine rings is 1. The number of allylic oxidation sites excluding steroid dienone is 2. The molecule has 1 aromatic heterocycles. The molecule has 192 valence electrons. The SMILES string of the molecule is O=C1/C(=C\CC2CCN(Cc3ccccc3)CC2)CCc2nc3ccccc3c(NCc3ccccc3)c21. The highest BCUT2D eigenvalue weighted by molar-refractivity contribution is 6.17. The molecular formula is C34H35N3O. The van der Waals surface area contributed by atoms with Gasteiger partial charge in [-0.15, -0.1) is 0 Å². The van der Waals surface area contributed by atoms with Gasteiger partial charge in [-0.05, 0) is 73.9 Å². The summed E-state index contributed by atoms with van der Waals surface area (Å²) in [6, 6.07) is 29.3. The molecule has 0 amide bonds. The molecule has 3 aromatic carbocycles. The molecule has 4 aromatic rings. The molecule has 38 heavy (non-hydrogen) atoms. The first-order chi connectivity index (χ1) is 18.7. The Morgan fingerprint density at radius 2 is 1.53 bits per heavy atom. The van der Waals surface area contributed by atoms with Crippen LogP contribution in [0.5, 0.6) is 0 Å². The summed E-state index contributed by atoms with van der Waals surface area (Å²) in [7, 11) is 0. The third kappa shape index (κ3) is 5.41. The van der Waals surface area contributed by atoms with Crippen LogP contribution in [0, 0.1) is 5.92 Å². The van der Waals surface area contributed by atoms with Crippen molar-refractivity contribution < 1.29 is 4.79 Å². The van der Waals surface area contributed by atoms with E-state index in [-0.39, 0.29) is 5.78 Å². The minimum atomic E-state index is 0.154. The summed E-state index contributed by atoms with van der Waals surface area (Å²) in [5.74, 6) is 0.802. The second-order valence-corrected chi connectivity index (χ2v) is 10.7. The maximum absolute atomic E-state index is 13.9. The van der Waals surface area contributed by atoms with Crippen molar-refractivity contribution in [2.75, 3.05) is 18.4 Å². The van der Waals surface area contributed by atoms with Gasteiger partial charge in [0.15, 0.2) is 5.78 Å². The number of carbonyl (C=O) groups is 1. The van der Waals surface area contributed by atoms with E-state index in [1.165, 1.54) is 24.0 Å². The van der Waals surface area contributed by atoms with Gasteiger partial charge in [-0.1, -0.05) is 84.9 Å². The number of likely N-dealkylation sites (tertiary alicyclic amines) is 1. The number of aromatic nitrogens is 1. The zero-order valence-corrected chi connectivity index (χ0v) is 21.9. The minimum Gasteiger partial charge on any atom is -0.380 e. The van der Waals surface area contributed by atoms with Crippen LogP contribution in [-0.4, -0.2) is 28.8 Å². The highest BCUT2D eigenvalue weighted by atomic mass is 16.1. The summed E-state index contributed by atoms with van der Waals surface area (Å²) in [5.41, 5.74) is 7.12. The Labute approximate surface area is 225 Å². The number of para-hydroxylation sites is 1. The van der Waals surface area contributed by atoms with Crippen molar-refractivity contribution in [3.63, 3.8) is 0 Å². The molecule has 0 bridgehead atoms. The maximum atomic E-state index is 13.9. The van der Waals surface area contributed by atoms with E-state index in [9.17, 15) is 4.79 Å². The number of anilines is 1. The third-order valence-electron chi connectivity index (χ3n) is 8.08. The molecule has 1 saturated heterocycles. The average Bonchev–Trinajstić information content (AvgIpc) is 2.97. The quantitative estimate of drug-likeness (QED) is 0.272. The van der Waals surface area contributed by atoms with Gasteiger partial charge in [0.25, 0.3) is 0 Å². The molecule has 0 unspecified atom stereocenters. The number of Topliss-reactive ketones (excluding diaryl/α,β-unsaturated/α-hetero) is 1. The summed E-state index contributed by atoms with van der Waals surface area (Å²) in [6.45, 7) is 3.96. The highest BCUT2D eigenvalue weighted by Gasteiger charge is 2.28. The number of carbonyl (C=O) groups excluding carboxylic acids is 1. The molecule has 4 nitrogen and oxygen atoms in total. The number of ketones is 1. The van der Waals surface area contributed by atoms with Crippen LogP contribution in [-0.2, 0) is 19.5 Å². The van der Waals surface area contributed by atoms with Crippen molar-refractivity contribution in [1.82, 2.24) is 9.88 Å². The van der Waals surface area contributed by atoms with Gasteiger partial charge in [0.2, 0.25) is 0 Å². The summed E-state index contributed by atoms with van der Waals surface area (Å²) in [5, 5.41) is 4.64. The number of nitrogens with zero attached hydrogens (tertiary/aromatic N) is 2. The van der Waals surface area contributed by atoms with Crippen LogP contribution >= 0.6 is 0 Å². The predicted molar refractivity (Wildman–Crippen MR) is 155 cm³/mol. The standard InChI is InChI=1S/C34H35N3O/c38-34-28(16-15-25-19-21-37(22-20-25)24-27-11-5-2-6-12-27)17-18-31-32(34)33(29-13-7-8-14-30(29)36-31)35-23-26-9-3-1-4-10-26/h1-14,16,25H,15,17-24H2,(H,35,36)/b28-16-. The fourth-order valence-electron chi connectivity index (χ4n) is 5.91. The lowest BCUT2D eigenvalue weighted by atomic mass is 9.85. The number of hydrogen-bond acceptors (Lipinski definition) is 4. The Morgan fingerprint density at radius 1 is 0.842 bits per heavy atom. The summed E-state index contributed by atoms with van der Waals surface area (Å²) in [6.07, 6.45) is 7.21. The predicted octanol–water partition coefficient (Wildman–Crippen LogP) is 7.20. The molecule has 4 heteroatoms. The summed E-state index contributed by atoms with van der Waals surface area (Å²) in [4.78, 5) is 21.3. The van der Waals surface area contributed by atoms with Crippen molar-refractivity contribution in [2.45, 2.75) is 45.2 Å². The zero-order chi connectivity index (χ0) is 25.7. The molecule has 6 rings (SSSR count). The van der Waals surface area contributed by atoms with Crippen molar-refractivity contribution >= 4 is 22.4 Å². The van der Waals surface area contributed by atoms with Crippen LogP contribution in [0.25, 0.3) is 10.9 Å². The lowest BCUT2D eigenvalue weighted by molar-refractivity contribution is 0.102. The van der Waals surface area contributed by atoms with Crippen molar-refractivity contribution in [2.24, 2.45) is 5.92 Å². The molecular weight excluding hydrogens is 466 g/mol. The Balaban J connectivity index is 1.17. The van der Waals surface area contributed by atoms with Gasteiger partial charge in [-0.2, -0.15) is 0 Å². The molecule has 1 aliphatic heterocycles. The maximum Gasteiger partial charge on any atom is 0.192 e. The molecule has 0 spiro atoms. The first-order valence-corrected chi connectivity index (χ1v) is 13.9. The number of fused-ring (bicyclic) bond motifs is 2. The Bertz CT molecular complexity index is 1440. The Hall–Kier alpha value is -3.76. The smallest absolute Gasteiger partial charge is 0.192 e. The van der Waals surface area contributed by atoms with E-state index >= 15 is 0 Å². The zero-order valence-electron chi connectivity index (χ0n) is 21.9. The summed E-state index contributed by atoms with van der Waals surface area (Å²) >= 11 is 0. The van der Waals surface area contributed by atoms with Crippen molar-refractivity contribution in [3.8, 4) is 0 Å². The molecule has 2 aliphatic rings. The molecule has 1 fully saturated rings. The van der Waals surface area contributed by atoms with Crippen molar-refractivity contribution in [1.29, 1.82) is 0 Å². The molecule has 0 radical (unpaired) electrons. The second kappa shape index (κ2) is 11.3. The first kappa shape index (κ1) is 24.6. The van der Waals surface area contributed by atoms with Gasteiger partial charge in [-0.25, -0.2) is 0 Å². The number of pyridine rings is 1. The molecule has 0 saturated carbocycles. The average molecular weight is 502 g/mol. The van der Waals surface area contributed by atoms with Crippen LogP contribution in [0.4, 0.5) is 5.69 Å². The normalized spacial score (nSPS) is 17.6. The second-order valence-electron chi connectivity index (χ2n) is 10.7. The number of hydrogen-bond donors (Lipinski definition) is 1. The van der Waals surface area contributed by atoms with E-state index < -0.39 is 0 Å². The number of nitrogens with one attached hydrogen (secondary N) is 1. The van der Waals surface area contributed by atoms with Gasteiger partial charge >= 0.3 is 0 Å². The van der Waals surface area contributed by atoms with E-state index in [0.29, 0.717) is 12.5 Å². The van der Waals surface area contributed by atoms with Gasteiger partial charge in [0.05, 0.1) is 22.5 Å². The van der Waals surface area contributed by atoms with Gasteiger partial charge in [0, 0.05) is 18.5 Å². The van der Waals surface area contributed by atoms with Gasteiger partial charge < -0.3 is 5.32 Å². The highest BCUT2D eigenvalue weighted by Crippen LogP contribution is 2.36. The fraction of sp³-hybridized carbons (Fsp3) is 0.294. The number of benzene rings is 3. The molecule has 0 atom stereocenters. The van der Waals surface area contributed by atoms with Crippen LogP contribution in [0.2, 0.25) is 0 Å². The van der Waals surface area contributed by atoms with Crippen LogP contribution < -0.4 is 5.32 Å². The van der Waals surface area contributed by atoms with E-state index in [4.69, 9.17) is 4.98 Å². The Kier molecular flexibility index (Phi) is 7.32. The first-order valence-electron chi connectivity index (χ1n) is 13.9.